The summed E-state index contributed by atoms with van der Waals surface area (Å²) in [5.74, 6) is 0.228. The Balaban J connectivity index is 2.38. The first kappa shape index (κ1) is 15.0. The van der Waals surface area contributed by atoms with Crippen molar-refractivity contribution in [2.45, 2.75) is 31.5 Å². The summed E-state index contributed by atoms with van der Waals surface area (Å²) in [4.78, 5) is 28.4. The molecule has 0 amide bonds. The molecule has 0 aromatic carbocycles. The predicted octanol–water partition coefficient (Wildman–Crippen LogP) is -0.363. The Morgan fingerprint density at radius 3 is 2.36 bits per heavy atom. The fraction of sp³-hybridized carbons (Fsp3) is 0.615. The zero-order valence-corrected chi connectivity index (χ0v) is 13.6. The summed E-state index contributed by atoms with van der Waals surface area (Å²) in [5, 5.41) is -0.116. The van der Waals surface area contributed by atoms with Crippen molar-refractivity contribution in [3.8, 4) is 0 Å². The molecule has 1 saturated carbocycles. The number of hydrogen-bond acceptors (Lipinski definition) is 5. The van der Waals surface area contributed by atoms with Crippen molar-refractivity contribution in [3.63, 3.8) is 0 Å². The molecule has 0 saturated heterocycles. The van der Waals surface area contributed by atoms with Crippen molar-refractivity contribution < 1.29 is 8.42 Å². The minimum absolute atomic E-state index is 0.0462. The van der Waals surface area contributed by atoms with Gasteiger partial charge >= 0.3 is 5.69 Å². The molecular weight excluding hydrogens is 308 g/mol. The molecule has 0 atom stereocenters. The van der Waals surface area contributed by atoms with Crippen molar-refractivity contribution in [2.75, 3.05) is 5.75 Å². The highest BCUT2D eigenvalue weighted by Gasteiger charge is 2.33. The molecule has 120 valence electrons. The molecular formula is C13H18N4O4S. The Hall–Kier alpha value is -1.90. The second-order valence-corrected chi connectivity index (χ2v) is 7.67. The number of fused-ring (bicyclic) bond motifs is 1. The van der Waals surface area contributed by atoms with Gasteiger partial charge in [-0.2, -0.15) is 4.98 Å². The lowest BCUT2D eigenvalue weighted by Crippen LogP contribution is -2.37. The van der Waals surface area contributed by atoms with Gasteiger partial charge in [-0.05, 0) is 25.7 Å². The normalized spacial score (nSPS) is 15.6. The molecule has 2 aromatic heterocycles. The number of sulfone groups is 1. The van der Waals surface area contributed by atoms with Gasteiger partial charge < -0.3 is 4.57 Å². The van der Waals surface area contributed by atoms with Crippen LogP contribution < -0.4 is 11.2 Å². The molecule has 2 heterocycles. The molecule has 2 aromatic rings. The molecule has 9 heteroatoms. The first-order chi connectivity index (χ1) is 10.3. The van der Waals surface area contributed by atoms with E-state index < -0.39 is 21.1 Å². The first-order valence-electron chi connectivity index (χ1n) is 7.17. The molecule has 0 N–H and O–H groups in total. The van der Waals surface area contributed by atoms with Crippen LogP contribution in [0.3, 0.4) is 0 Å². The van der Waals surface area contributed by atoms with E-state index in [2.05, 4.69) is 4.98 Å². The largest absolute Gasteiger partial charge is 0.332 e. The smallest absolute Gasteiger partial charge is 0.309 e. The SMILES string of the molecule is CCn1c(S(=O)(=O)CC2CC2)nc2c1c(=O)n(C)c(=O)n2C. The molecule has 3 rings (SSSR count). The summed E-state index contributed by atoms with van der Waals surface area (Å²) < 4.78 is 28.7. The minimum Gasteiger partial charge on any atom is -0.309 e. The van der Waals surface area contributed by atoms with Gasteiger partial charge in [0.2, 0.25) is 15.0 Å². The van der Waals surface area contributed by atoms with Crippen molar-refractivity contribution in [3.05, 3.63) is 20.8 Å². The molecule has 1 fully saturated rings. The molecule has 0 spiro atoms. The lowest BCUT2D eigenvalue weighted by atomic mass is 10.5. The molecule has 1 aliphatic carbocycles. The molecule has 1 aliphatic rings. The van der Waals surface area contributed by atoms with Gasteiger partial charge in [-0.25, -0.2) is 13.2 Å². The van der Waals surface area contributed by atoms with Gasteiger partial charge in [0.05, 0.1) is 5.75 Å². The maximum Gasteiger partial charge on any atom is 0.332 e. The molecule has 0 unspecified atom stereocenters. The Bertz CT molecular complexity index is 976. The van der Waals surface area contributed by atoms with Gasteiger partial charge in [0.15, 0.2) is 11.2 Å². The minimum atomic E-state index is -3.57. The van der Waals surface area contributed by atoms with Gasteiger partial charge in [0.1, 0.15) is 0 Å². The van der Waals surface area contributed by atoms with Gasteiger partial charge in [-0.3, -0.25) is 13.9 Å². The van der Waals surface area contributed by atoms with Crippen LogP contribution in [0, 0.1) is 5.92 Å². The summed E-state index contributed by atoms with van der Waals surface area (Å²) in [6, 6.07) is 0. The van der Waals surface area contributed by atoms with E-state index in [-0.39, 0.29) is 28.0 Å². The third-order valence-electron chi connectivity index (χ3n) is 4.06. The van der Waals surface area contributed by atoms with E-state index in [9.17, 15) is 18.0 Å². The number of rotatable bonds is 4. The summed E-state index contributed by atoms with van der Waals surface area (Å²) in [5.41, 5.74) is -0.782. The van der Waals surface area contributed by atoms with Crippen LogP contribution in [-0.4, -0.2) is 32.9 Å². The van der Waals surface area contributed by atoms with Crippen LogP contribution in [0.25, 0.3) is 11.2 Å². The van der Waals surface area contributed by atoms with Crippen LogP contribution in [0.2, 0.25) is 0 Å². The average molecular weight is 326 g/mol. The fourth-order valence-corrected chi connectivity index (χ4v) is 4.51. The molecule has 0 radical (unpaired) electrons. The van der Waals surface area contributed by atoms with E-state index in [1.54, 1.807) is 6.92 Å². The average Bonchev–Trinajstić information content (AvgIpc) is 3.17. The first-order valence-corrected chi connectivity index (χ1v) is 8.82. The number of hydrogen-bond donors (Lipinski definition) is 0. The number of aryl methyl sites for hydroxylation is 2. The lowest BCUT2D eigenvalue weighted by Gasteiger charge is -2.07. The fourth-order valence-electron chi connectivity index (χ4n) is 2.63. The highest BCUT2D eigenvalue weighted by molar-refractivity contribution is 7.91. The van der Waals surface area contributed by atoms with E-state index >= 15 is 0 Å². The summed E-state index contributed by atoms with van der Waals surface area (Å²) in [7, 11) is -0.721. The van der Waals surface area contributed by atoms with Gasteiger partial charge in [-0.15, -0.1) is 0 Å². The van der Waals surface area contributed by atoms with E-state index in [0.717, 1.165) is 17.4 Å². The van der Waals surface area contributed by atoms with Crippen LogP contribution in [-0.2, 0) is 30.5 Å². The van der Waals surface area contributed by atoms with E-state index in [4.69, 9.17) is 0 Å². The van der Waals surface area contributed by atoms with E-state index in [1.807, 2.05) is 0 Å². The van der Waals surface area contributed by atoms with Gasteiger partial charge in [0.25, 0.3) is 5.56 Å². The standard InChI is InChI=1S/C13H18N4O4S/c1-4-17-9-10(15(2)13(19)16(3)11(9)18)14-12(17)22(20,21)7-8-5-6-8/h8H,4-7H2,1-3H3. The van der Waals surface area contributed by atoms with Gasteiger partial charge in [-0.1, -0.05) is 0 Å². The van der Waals surface area contributed by atoms with Crippen molar-refractivity contribution >= 4 is 21.0 Å². The highest BCUT2D eigenvalue weighted by atomic mass is 32.2. The maximum absolute atomic E-state index is 12.5. The highest BCUT2D eigenvalue weighted by Crippen LogP contribution is 2.32. The lowest BCUT2D eigenvalue weighted by molar-refractivity contribution is 0.568. The predicted molar refractivity (Wildman–Crippen MR) is 80.7 cm³/mol. The Kier molecular flexibility index (Phi) is 3.28. The van der Waals surface area contributed by atoms with Gasteiger partial charge in [0, 0.05) is 20.6 Å². The number of aromatic nitrogens is 4. The zero-order valence-electron chi connectivity index (χ0n) is 12.7. The molecule has 0 bridgehead atoms. The monoisotopic (exact) mass is 326 g/mol. The van der Waals surface area contributed by atoms with Crippen molar-refractivity contribution in [1.82, 2.24) is 18.7 Å². The second-order valence-electron chi connectivity index (χ2n) is 5.74. The van der Waals surface area contributed by atoms with Crippen LogP contribution in [0.15, 0.2) is 14.7 Å². The summed E-state index contributed by atoms with van der Waals surface area (Å²) in [6.07, 6.45) is 1.82. The van der Waals surface area contributed by atoms with Crippen LogP contribution in [0.1, 0.15) is 19.8 Å². The topological polar surface area (TPSA) is 96.0 Å². The Morgan fingerprint density at radius 1 is 1.18 bits per heavy atom. The Morgan fingerprint density at radius 2 is 1.82 bits per heavy atom. The summed E-state index contributed by atoms with van der Waals surface area (Å²) in [6.45, 7) is 2.05. The molecule has 8 nitrogen and oxygen atoms in total. The maximum atomic E-state index is 12.5. The van der Waals surface area contributed by atoms with Crippen LogP contribution >= 0.6 is 0 Å². The molecule has 22 heavy (non-hydrogen) atoms. The van der Waals surface area contributed by atoms with E-state index in [0.29, 0.717) is 6.54 Å². The van der Waals surface area contributed by atoms with Crippen LogP contribution in [0.5, 0.6) is 0 Å². The summed E-state index contributed by atoms with van der Waals surface area (Å²) >= 11 is 0. The van der Waals surface area contributed by atoms with Crippen LogP contribution in [0.4, 0.5) is 0 Å². The second kappa shape index (κ2) is 4.80. The third-order valence-corrected chi connectivity index (χ3v) is 5.84. The van der Waals surface area contributed by atoms with E-state index in [1.165, 1.54) is 23.2 Å². The Labute approximate surface area is 126 Å². The third kappa shape index (κ3) is 2.11. The van der Waals surface area contributed by atoms with Crippen molar-refractivity contribution in [1.29, 1.82) is 0 Å². The number of imidazole rings is 1. The zero-order chi connectivity index (χ0) is 16.2. The number of nitrogens with zero attached hydrogens (tertiary/aromatic N) is 4. The van der Waals surface area contributed by atoms with Crippen molar-refractivity contribution in [2.24, 2.45) is 20.0 Å². The quantitative estimate of drug-likeness (QED) is 0.764. The molecule has 0 aliphatic heterocycles.